The fourth-order valence-electron chi connectivity index (χ4n) is 1.92. The van der Waals surface area contributed by atoms with Gasteiger partial charge in [-0.15, -0.1) is 11.3 Å². The molecule has 2 rings (SSSR count). The summed E-state index contributed by atoms with van der Waals surface area (Å²) in [5.41, 5.74) is 0.819. The van der Waals surface area contributed by atoms with Crippen molar-refractivity contribution in [3.05, 3.63) is 52.0 Å². The zero-order valence-corrected chi connectivity index (χ0v) is 13.3. The molecule has 0 bridgehead atoms. The van der Waals surface area contributed by atoms with Crippen LogP contribution >= 0.6 is 11.3 Å². The Balaban J connectivity index is 2.06. The maximum atomic E-state index is 11.4. The van der Waals surface area contributed by atoms with Crippen LogP contribution < -0.4 is 5.32 Å². The summed E-state index contributed by atoms with van der Waals surface area (Å²) < 4.78 is 0. The summed E-state index contributed by atoms with van der Waals surface area (Å²) >= 11 is 1.62. The predicted molar refractivity (Wildman–Crippen MR) is 84.5 cm³/mol. The molecule has 0 fully saturated rings. The molecule has 1 aromatic heterocycles. The van der Waals surface area contributed by atoms with E-state index < -0.39 is 12.0 Å². The number of carbonyl (C=O) groups is 1. The van der Waals surface area contributed by atoms with Gasteiger partial charge in [-0.25, -0.2) is 4.98 Å². The number of nitrogens with one attached hydrogen (secondary N) is 1. The number of nitrogens with zero attached hydrogens (tertiary/aromatic N) is 1. The zero-order valence-electron chi connectivity index (χ0n) is 12.5. The average molecular weight is 304 g/mol. The molecule has 5 heteroatoms. The van der Waals surface area contributed by atoms with Crippen LogP contribution in [0.2, 0.25) is 0 Å². The van der Waals surface area contributed by atoms with Crippen molar-refractivity contribution in [2.75, 3.05) is 0 Å². The molecule has 0 radical (unpaired) electrons. The van der Waals surface area contributed by atoms with Gasteiger partial charge in [0.05, 0.1) is 0 Å². The molecule has 21 heavy (non-hydrogen) atoms. The second-order valence-electron chi connectivity index (χ2n) is 5.93. The highest BCUT2D eigenvalue weighted by Gasteiger charge is 2.21. The second-order valence-corrected chi connectivity index (χ2v) is 7.05. The number of rotatable bonds is 5. The highest BCUT2D eigenvalue weighted by atomic mass is 32.1. The highest BCUT2D eigenvalue weighted by Crippen LogP contribution is 2.27. The topological polar surface area (TPSA) is 62.2 Å². The number of carboxylic acid groups (broad SMARTS) is 1. The van der Waals surface area contributed by atoms with Gasteiger partial charge in [0.2, 0.25) is 0 Å². The molecular weight excluding hydrogens is 284 g/mol. The molecule has 1 atom stereocenters. The van der Waals surface area contributed by atoms with E-state index in [4.69, 9.17) is 0 Å². The number of benzene rings is 1. The fraction of sp³-hybridized carbons (Fsp3) is 0.375. The summed E-state index contributed by atoms with van der Waals surface area (Å²) in [6.07, 6.45) is 1.87. The minimum Gasteiger partial charge on any atom is -0.480 e. The fourth-order valence-corrected chi connectivity index (χ4v) is 2.85. The van der Waals surface area contributed by atoms with E-state index >= 15 is 0 Å². The van der Waals surface area contributed by atoms with Gasteiger partial charge >= 0.3 is 5.97 Å². The van der Waals surface area contributed by atoms with Crippen LogP contribution in [0.1, 0.15) is 42.3 Å². The van der Waals surface area contributed by atoms with Crippen molar-refractivity contribution in [3.63, 3.8) is 0 Å². The zero-order chi connectivity index (χ0) is 15.5. The molecule has 1 aromatic carbocycles. The number of thiazole rings is 1. The molecule has 0 aliphatic heterocycles. The first kappa shape index (κ1) is 15.7. The summed E-state index contributed by atoms with van der Waals surface area (Å²) in [7, 11) is 0. The first-order chi connectivity index (χ1) is 9.88. The molecular formula is C16H20N2O2S. The molecule has 0 saturated carbocycles. The first-order valence-corrected chi connectivity index (χ1v) is 7.66. The molecule has 0 unspecified atom stereocenters. The quantitative estimate of drug-likeness (QED) is 0.889. The Hall–Kier alpha value is -1.72. The van der Waals surface area contributed by atoms with E-state index in [0.29, 0.717) is 6.54 Å². The van der Waals surface area contributed by atoms with Gasteiger partial charge in [0.15, 0.2) is 0 Å². The Morgan fingerprint density at radius 1 is 1.33 bits per heavy atom. The van der Waals surface area contributed by atoms with Crippen LogP contribution in [0.4, 0.5) is 0 Å². The number of carboxylic acids is 1. The van der Waals surface area contributed by atoms with Crippen molar-refractivity contribution < 1.29 is 9.90 Å². The van der Waals surface area contributed by atoms with E-state index in [-0.39, 0.29) is 5.41 Å². The molecule has 1 heterocycles. The largest absolute Gasteiger partial charge is 0.480 e. The standard InChI is InChI=1S/C16H20N2O2S/c1-16(2,3)12-9-17-13(21-12)10-18-14(15(19)20)11-7-5-4-6-8-11/h4-9,14,18H,10H2,1-3H3,(H,19,20)/t14-/m0/s1. The van der Waals surface area contributed by atoms with Gasteiger partial charge < -0.3 is 5.11 Å². The minimum absolute atomic E-state index is 0.0710. The Kier molecular flexibility index (Phi) is 4.75. The first-order valence-electron chi connectivity index (χ1n) is 6.84. The smallest absolute Gasteiger partial charge is 0.325 e. The minimum atomic E-state index is -0.881. The van der Waals surface area contributed by atoms with E-state index in [9.17, 15) is 9.90 Å². The lowest BCUT2D eigenvalue weighted by atomic mass is 9.96. The van der Waals surface area contributed by atoms with Gasteiger partial charge in [0.1, 0.15) is 11.0 Å². The lowest BCUT2D eigenvalue weighted by molar-refractivity contribution is -0.139. The van der Waals surface area contributed by atoms with Crippen molar-refractivity contribution in [3.8, 4) is 0 Å². The van der Waals surface area contributed by atoms with Gasteiger partial charge in [-0.05, 0) is 11.0 Å². The number of hydrogen-bond donors (Lipinski definition) is 2. The van der Waals surface area contributed by atoms with Crippen LogP contribution in [-0.2, 0) is 16.8 Å². The lowest BCUT2D eigenvalue weighted by Gasteiger charge is -2.15. The Morgan fingerprint density at radius 2 is 2.00 bits per heavy atom. The molecule has 2 aromatic rings. The van der Waals surface area contributed by atoms with E-state index in [1.165, 1.54) is 4.88 Å². The monoisotopic (exact) mass is 304 g/mol. The van der Waals surface area contributed by atoms with Crippen molar-refractivity contribution in [2.45, 2.75) is 38.8 Å². The maximum Gasteiger partial charge on any atom is 0.325 e. The number of hydrogen-bond acceptors (Lipinski definition) is 4. The summed E-state index contributed by atoms with van der Waals surface area (Å²) in [5, 5.41) is 13.3. The molecule has 2 N–H and O–H groups in total. The van der Waals surface area contributed by atoms with E-state index in [1.54, 1.807) is 11.3 Å². The van der Waals surface area contributed by atoms with Crippen LogP contribution in [0.15, 0.2) is 36.5 Å². The van der Waals surface area contributed by atoms with E-state index in [2.05, 4.69) is 31.1 Å². The summed E-state index contributed by atoms with van der Waals surface area (Å²) in [6.45, 7) is 6.87. The maximum absolute atomic E-state index is 11.4. The third kappa shape index (κ3) is 4.12. The summed E-state index contributed by atoms with van der Waals surface area (Å²) in [6, 6.07) is 8.47. The van der Waals surface area contributed by atoms with Crippen LogP contribution in [0, 0.1) is 0 Å². The molecule has 0 amide bonds. The van der Waals surface area contributed by atoms with Crippen molar-refractivity contribution >= 4 is 17.3 Å². The number of aromatic nitrogens is 1. The Bertz CT molecular complexity index is 602. The van der Waals surface area contributed by atoms with Gasteiger partial charge in [-0.3, -0.25) is 10.1 Å². The molecule has 0 aliphatic rings. The molecule has 0 aliphatic carbocycles. The van der Waals surface area contributed by atoms with Gasteiger partial charge in [-0.2, -0.15) is 0 Å². The van der Waals surface area contributed by atoms with Gasteiger partial charge in [0, 0.05) is 17.6 Å². The third-order valence-corrected chi connectivity index (χ3v) is 4.55. The van der Waals surface area contributed by atoms with Gasteiger partial charge in [-0.1, -0.05) is 51.1 Å². The van der Waals surface area contributed by atoms with Crippen LogP contribution in [-0.4, -0.2) is 16.1 Å². The van der Waals surface area contributed by atoms with Crippen LogP contribution in [0.5, 0.6) is 0 Å². The van der Waals surface area contributed by atoms with Crippen LogP contribution in [0.3, 0.4) is 0 Å². The average Bonchev–Trinajstić information content (AvgIpc) is 2.88. The molecule has 4 nitrogen and oxygen atoms in total. The van der Waals surface area contributed by atoms with E-state index in [0.717, 1.165) is 10.6 Å². The predicted octanol–water partition coefficient (Wildman–Crippen LogP) is 3.36. The SMILES string of the molecule is CC(C)(C)c1cnc(CN[C@H](C(=O)O)c2ccccc2)s1. The van der Waals surface area contributed by atoms with Crippen molar-refractivity contribution in [1.82, 2.24) is 10.3 Å². The molecule has 0 saturated heterocycles. The normalized spacial score (nSPS) is 13.1. The van der Waals surface area contributed by atoms with E-state index in [1.807, 2.05) is 36.5 Å². The Morgan fingerprint density at radius 3 is 2.52 bits per heavy atom. The third-order valence-electron chi connectivity index (χ3n) is 3.13. The highest BCUT2D eigenvalue weighted by molar-refractivity contribution is 7.11. The summed E-state index contributed by atoms with van der Waals surface area (Å²) in [5.74, 6) is -0.881. The Labute approximate surface area is 128 Å². The van der Waals surface area contributed by atoms with Crippen molar-refractivity contribution in [2.24, 2.45) is 0 Å². The lowest BCUT2D eigenvalue weighted by Crippen LogP contribution is -2.28. The van der Waals surface area contributed by atoms with Gasteiger partial charge in [0.25, 0.3) is 0 Å². The second kappa shape index (κ2) is 6.37. The molecule has 112 valence electrons. The summed E-state index contributed by atoms with van der Waals surface area (Å²) in [4.78, 5) is 17.0. The number of aliphatic carboxylic acids is 1. The van der Waals surface area contributed by atoms with Crippen LogP contribution in [0.25, 0.3) is 0 Å². The van der Waals surface area contributed by atoms with Crippen molar-refractivity contribution in [1.29, 1.82) is 0 Å². The molecule has 0 spiro atoms.